The lowest BCUT2D eigenvalue weighted by Crippen LogP contribution is -2.38. The number of aromatic amines is 1. The van der Waals surface area contributed by atoms with Crippen LogP contribution < -0.4 is 38.3 Å². The lowest BCUT2D eigenvalue weighted by molar-refractivity contribution is 0.0931. The molecule has 232 valence electrons. The van der Waals surface area contributed by atoms with Gasteiger partial charge in [0.2, 0.25) is 0 Å². The molecule has 6 N–H and O–H groups in total. The van der Waals surface area contributed by atoms with Crippen LogP contribution in [0.15, 0.2) is 67.7 Å². The summed E-state index contributed by atoms with van der Waals surface area (Å²) in [6.07, 6.45) is 5.14. The standard InChI is InChI=1S/C32H28N8O6/c33-25-26(28(42)27(25)41)37-21-3-1-2-16-5-4-15(10-20(16)21)13-34-30(43)23-12-24(36-14-35-23)31(44)38-22-9-7-17-11-18(6-8-19(17)22)29-39-32(45)46-40-29/h4-6,8,10-12,14,21-22,37H,1-3,7,9,13,33H2,(H,34,43)(H,38,44)(H,39,40,45)/t21?,22-/m0/s1. The Hall–Kier alpha value is -5.92. The highest BCUT2D eigenvalue weighted by Crippen LogP contribution is 2.35. The summed E-state index contributed by atoms with van der Waals surface area (Å²) in [6.45, 7) is 0.204. The second kappa shape index (κ2) is 11.5. The lowest BCUT2D eigenvalue weighted by Gasteiger charge is -2.28. The van der Waals surface area contributed by atoms with Gasteiger partial charge in [-0.15, -0.1) is 0 Å². The molecule has 0 fully saturated rings. The van der Waals surface area contributed by atoms with Crippen molar-refractivity contribution < 1.29 is 14.1 Å². The molecular weight excluding hydrogens is 592 g/mol. The number of amides is 2. The third-order valence-corrected chi connectivity index (χ3v) is 8.62. The summed E-state index contributed by atoms with van der Waals surface area (Å²) in [6, 6.07) is 12.4. The largest absolute Gasteiger partial charge is 0.439 e. The first-order chi connectivity index (χ1) is 22.2. The molecule has 5 aromatic rings. The number of benzene rings is 2. The van der Waals surface area contributed by atoms with Crippen LogP contribution in [0.2, 0.25) is 0 Å². The number of nitrogens with one attached hydrogen (secondary N) is 4. The monoisotopic (exact) mass is 620 g/mol. The number of anilines is 2. The number of nitrogen functional groups attached to an aromatic ring is 1. The average molecular weight is 621 g/mol. The zero-order chi connectivity index (χ0) is 31.9. The number of carbonyl (C=O) groups excluding carboxylic acids is 2. The number of carbonyl (C=O) groups is 2. The van der Waals surface area contributed by atoms with Crippen LogP contribution in [0.4, 0.5) is 11.4 Å². The first-order valence-corrected chi connectivity index (χ1v) is 14.8. The van der Waals surface area contributed by atoms with E-state index in [9.17, 15) is 24.0 Å². The average Bonchev–Trinajstić information content (AvgIpc) is 3.71. The fraction of sp³-hybridized carbons (Fsp3) is 0.250. The summed E-state index contributed by atoms with van der Waals surface area (Å²) in [5.74, 6) is -1.20. The molecule has 2 heterocycles. The first kappa shape index (κ1) is 28.8. The highest BCUT2D eigenvalue weighted by atomic mass is 16.5. The fourth-order valence-corrected chi connectivity index (χ4v) is 6.21. The summed E-state index contributed by atoms with van der Waals surface area (Å²) in [5, 5.41) is 12.7. The van der Waals surface area contributed by atoms with E-state index in [0.717, 1.165) is 53.5 Å². The summed E-state index contributed by atoms with van der Waals surface area (Å²) in [5.41, 5.74) is 10.3. The fourth-order valence-electron chi connectivity index (χ4n) is 6.21. The van der Waals surface area contributed by atoms with Crippen LogP contribution in [0.25, 0.3) is 11.4 Å². The van der Waals surface area contributed by atoms with E-state index in [0.29, 0.717) is 17.8 Å². The highest BCUT2D eigenvalue weighted by molar-refractivity contribution is 5.97. The lowest BCUT2D eigenvalue weighted by atomic mass is 9.86. The molecule has 2 aliphatic rings. The number of nitrogens with zero attached hydrogens (tertiary/aromatic N) is 3. The van der Waals surface area contributed by atoms with Gasteiger partial charge in [0.1, 0.15) is 29.1 Å². The number of aromatic nitrogens is 4. The summed E-state index contributed by atoms with van der Waals surface area (Å²) in [4.78, 5) is 71.6. The first-order valence-electron chi connectivity index (χ1n) is 14.8. The normalized spacial score (nSPS) is 16.9. The van der Waals surface area contributed by atoms with Crippen molar-refractivity contribution in [3.63, 3.8) is 0 Å². The number of nitrogens with two attached hydrogens (primary N) is 1. The highest BCUT2D eigenvalue weighted by Gasteiger charge is 2.27. The zero-order valence-electron chi connectivity index (χ0n) is 24.4. The second-order valence-corrected chi connectivity index (χ2v) is 11.5. The molecule has 0 saturated carbocycles. The molecule has 1 unspecified atom stereocenters. The molecule has 2 aliphatic carbocycles. The predicted octanol–water partition coefficient (Wildman–Crippen LogP) is 1.83. The maximum atomic E-state index is 13.1. The van der Waals surface area contributed by atoms with Gasteiger partial charge in [-0.25, -0.2) is 14.8 Å². The van der Waals surface area contributed by atoms with Crippen molar-refractivity contribution in [2.75, 3.05) is 11.1 Å². The molecule has 7 rings (SSSR count). The molecule has 2 amide bonds. The molecule has 2 aromatic heterocycles. The van der Waals surface area contributed by atoms with Crippen molar-refractivity contribution in [2.45, 2.75) is 50.7 Å². The Labute approximate surface area is 260 Å². The summed E-state index contributed by atoms with van der Waals surface area (Å²) in [7, 11) is 0. The predicted molar refractivity (Wildman–Crippen MR) is 166 cm³/mol. The van der Waals surface area contributed by atoms with Crippen molar-refractivity contribution in [3.05, 3.63) is 119 Å². The maximum Gasteiger partial charge on any atom is 0.439 e. The van der Waals surface area contributed by atoms with E-state index in [1.807, 2.05) is 30.3 Å². The van der Waals surface area contributed by atoms with Crippen molar-refractivity contribution in [1.29, 1.82) is 0 Å². The number of hydrogen-bond acceptors (Lipinski definition) is 11. The van der Waals surface area contributed by atoms with E-state index in [4.69, 9.17) is 5.73 Å². The van der Waals surface area contributed by atoms with Crippen LogP contribution >= 0.6 is 0 Å². The van der Waals surface area contributed by atoms with Gasteiger partial charge in [0, 0.05) is 18.2 Å². The SMILES string of the molecule is Nc1c(NC2CCCc3ccc(CNC(=O)c4cc(C(=O)N[C@H]5CCc6cc(-c7noc(=O)[nH]7)ccc65)ncn4)cc32)c(=O)c1=O. The molecular formula is C32H28N8O6. The molecule has 46 heavy (non-hydrogen) atoms. The smallest absolute Gasteiger partial charge is 0.394 e. The molecule has 0 spiro atoms. The van der Waals surface area contributed by atoms with Crippen molar-refractivity contribution >= 4 is 23.2 Å². The van der Waals surface area contributed by atoms with Gasteiger partial charge in [-0.1, -0.05) is 35.5 Å². The van der Waals surface area contributed by atoms with Gasteiger partial charge in [0.25, 0.3) is 22.7 Å². The summed E-state index contributed by atoms with van der Waals surface area (Å²) >= 11 is 0. The van der Waals surface area contributed by atoms with Gasteiger partial charge < -0.3 is 21.7 Å². The Morgan fingerprint density at radius 3 is 2.50 bits per heavy atom. The zero-order valence-corrected chi connectivity index (χ0v) is 24.4. The van der Waals surface area contributed by atoms with E-state index in [2.05, 4.69) is 40.6 Å². The Morgan fingerprint density at radius 1 is 0.891 bits per heavy atom. The number of H-pyrrole nitrogens is 1. The van der Waals surface area contributed by atoms with Crippen molar-refractivity contribution in [1.82, 2.24) is 30.7 Å². The Morgan fingerprint density at radius 2 is 1.72 bits per heavy atom. The van der Waals surface area contributed by atoms with Gasteiger partial charge in [0.05, 0.1) is 12.1 Å². The molecule has 2 atom stereocenters. The number of rotatable bonds is 8. The molecule has 0 saturated heterocycles. The minimum absolute atomic E-state index is 0.0381. The second-order valence-electron chi connectivity index (χ2n) is 11.5. The number of hydrogen-bond donors (Lipinski definition) is 5. The Bertz CT molecular complexity index is 2140. The minimum atomic E-state index is -0.664. The van der Waals surface area contributed by atoms with Gasteiger partial charge in [-0.2, -0.15) is 0 Å². The quantitative estimate of drug-likeness (QED) is 0.158. The van der Waals surface area contributed by atoms with Crippen LogP contribution in [0.5, 0.6) is 0 Å². The van der Waals surface area contributed by atoms with Crippen LogP contribution in [-0.4, -0.2) is 31.9 Å². The van der Waals surface area contributed by atoms with Crippen LogP contribution in [0.3, 0.4) is 0 Å². The molecule has 0 aliphatic heterocycles. The topological polar surface area (TPSA) is 215 Å². The molecule has 0 radical (unpaired) electrons. The molecule has 3 aromatic carbocycles. The minimum Gasteiger partial charge on any atom is -0.394 e. The van der Waals surface area contributed by atoms with E-state index in [-0.39, 0.29) is 41.4 Å². The van der Waals surface area contributed by atoms with E-state index < -0.39 is 28.4 Å². The Balaban J connectivity index is 0.994. The van der Waals surface area contributed by atoms with Gasteiger partial charge in [-0.05, 0) is 66.0 Å². The van der Waals surface area contributed by atoms with E-state index >= 15 is 0 Å². The van der Waals surface area contributed by atoms with Crippen molar-refractivity contribution in [2.24, 2.45) is 0 Å². The third kappa shape index (κ3) is 5.33. The summed E-state index contributed by atoms with van der Waals surface area (Å²) < 4.78 is 4.59. The van der Waals surface area contributed by atoms with Crippen molar-refractivity contribution in [3.8, 4) is 11.4 Å². The third-order valence-electron chi connectivity index (χ3n) is 8.62. The van der Waals surface area contributed by atoms with Crippen LogP contribution in [0, 0.1) is 0 Å². The number of fused-ring (bicyclic) bond motifs is 2. The van der Waals surface area contributed by atoms with E-state index in [1.54, 1.807) is 6.07 Å². The molecule has 14 heteroatoms. The number of aryl methyl sites for hydroxylation is 2. The Kier molecular flexibility index (Phi) is 7.23. The van der Waals surface area contributed by atoms with Gasteiger partial charge in [-0.3, -0.25) is 28.7 Å². The van der Waals surface area contributed by atoms with Gasteiger partial charge in [0.15, 0.2) is 5.82 Å². The molecule has 0 bridgehead atoms. The van der Waals surface area contributed by atoms with Crippen LogP contribution in [0.1, 0.15) is 80.1 Å². The molecule has 14 nitrogen and oxygen atoms in total. The van der Waals surface area contributed by atoms with Gasteiger partial charge >= 0.3 is 5.76 Å². The maximum absolute atomic E-state index is 13.1. The van der Waals surface area contributed by atoms with Crippen LogP contribution in [-0.2, 0) is 19.4 Å². The van der Waals surface area contributed by atoms with E-state index in [1.165, 1.54) is 12.4 Å².